The quantitative estimate of drug-likeness (QED) is 0.738. The average Bonchev–Trinajstić information content (AvgIpc) is 2.31. The van der Waals surface area contributed by atoms with Crippen LogP contribution in [0.2, 0.25) is 0 Å². The van der Waals surface area contributed by atoms with Crippen LogP contribution in [0.4, 0.5) is 10.1 Å². The van der Waals surface area contributed by atoms with Crippen LogP contribution in [0, 0.1) is 5.82 Å². The largest absolute Gasteiger partial charge is 0.384 e. The van der Waals surface area contributed by atoms with Crippen molar-refractivity contribution in [3.05, 3.63) is 28.0 Å². The molecule has 0 bridgehead atoms. The van der Waals surface area contributed by atoms with Gasteiger partial charge >= 0.3 is 0 Å². The van der Waals surface area contributed by atoms with Crippen LogP contribution in [0.1, 0.15) is 19.4 Å². The van der Waals surface area contributed by atoms with Crippen LogP contribution in [0.15, 0.2) is 16.6 Å². The minimum Gasteiger partial charge on any atom is -0.384 e. The molecule has 0 aromatic heterocycles. The molecule has 0 radical (unpaired) electrons. The molecule has 0 atom stereocenters. The van der Waals surface area contributed by atoms with E-state index in [1.165, 1.54) is 0 Å². The van der Waals surface area contributed by atoms with Crippen LogP contribution in [-0.4, -0.2) is 6.54 Å². The van der Waals surface area contributed by atoms with Crippen molar-refractivity contribution in [3.8, 4) is 0 Å². The maximum Gasteiger partial charge on any atom is 0.137 e. The number of anilines is 1. The van der Waals surface area contributed by atoms with Gasteiger partial charge in [0.2, 0.25) is 0 Å². The van der Waals surface area contributed by atoms with E-state index in [4.69, 9.17) is 0 Å². The van der Waals surface area contributed by atoms with Crippen molar-refractivity contribution in [2.75, 3.05) is 11.9 Å². The monoisotopic (exact) mass is 243 g/mol. The van der Waals surface area contributed by atoms with E-state index in [0.29, 0.717) is 4.47 Å². The first-order valence-corrected chi connectivity index (χ1v) is 5.03. The molecule has 13 heavy (non-hydrogen) atoms. The van der Waals surface area contributed by atoms with Gasteiger partial charge in [-0.1, -0.05) is 13.8 Å². The number of benzene rings is 1. The standard InChI is InChI=1S/C10H11BrFN/c1-10(2)5-13-9-4-7(11)8(12)3-6(9)10/h3-4,13H,5H2,1-2H3. The Morgan fingerprint density at radius 2 is 2.15 bits per heavy atom. The molecular weight excluding hydrogens is 233 g/mol. The molecular formula is C10H11BrFN. The van der Waals surface area contributed by atoms with Crippen LogP contribution < -0.4 is 5.32 Å². The summed E-state index contributed by atoms with van der Waals surface area (Å²) in [6.07, 6.45) is 0. The topological polar surface area (TPSA) is 12.0 Å². The predicted octanol–water partition coefficient (Wildman–Crippen LogP) is 3.29. The summed E-state index contributed by atoms with van der Waals surface area (Å²) in [5, 5.41) is 3.26. The third kappa shape index (κ3) is 1.35. The Hall–Kier alpha value is -0.570. The predicted molar refractivity (Wildman–Crippen MR) is 55.6 cm³/mol. The Labute approximate surface area is 85.5 Å². The van der Waals surface area contributed by atoms with Gasteiger partial charge < -0.3 is 5.32 Å². The summed E-state index contributed by atoms with van der Waals surface area (Å²) in [5.74, 6) is -0.185. The van der Waals surface area contributed by atoms with Gasteiger partial charge in [-0.05, 0) is 33.6 Å². The molecule has 1 heterocycles. The molecule has 1 aromatic carbocycles. The van der Waals surface area contributed by atoms with E-state index in [1.807, 2.05) is 0 Å². The lowest BCUT2D eigenvalue weighted by Crippen LogP contribution is -2.19. The summed E-state index contributed by atoms with van der Waals surface area (Å²) in [5.41, 5.74) is 2.14. The molecule has 70 valence electrons. The van der Waals surface area contributed by atoms with Gasteiger partial charge in [0.1, 0.15) is 5.82 Å². The molecule has 1 nitrogen and oxygen atoms in total. The highest BCUT2D eigenvalue weighted by Crippen LogP contribution is 2.38. The van der Waals surface area contributed by atoms with Crippen molar-refractivity contribution < 1.29 is 4.39 Å². The number of rotatable bonds is 0. The van der Waals surface area contributed by atoms with Gasteiger partial charge in [0, 0.05) is 17.6 Å². The summed E-state index contributed by atoms with van der Waals surface area (Å²) < 4.78 is 13.8. The summed E-state index contributed by atoms with van der Waals surface area (Å²) in [4.78, 5) is 0. The third-order valence-electron chi connectivity index (χ3n) is 2.51. The van der Waals surface area contributed by atoms with Crippen LogP contribution >= 0.6 is 15.9 Å². The van der Waals surface area contributed by atoms with Gasteiger partial charge in [0.15, 0.2) is 0 Å². The smallest absolute Gasteiger partial charge is 0.137 e. The zero-order chi connectivity index (χ0) is 9.64. The summed E-state index contributed by atoms with van der Waals surface area (Å²) >= 11 is 3.17. The highest BCUT2D eigenvalue weighted by molar-refractivity contribution is 9.10. The highest BCUT2D eigenvalue weighted by Gasteiger charge is 2.30. The van der Waals surface area contributed by atoms with Crippen molar-refractivity contribution in [1.82, 2.24) is 0 Å². The number of nitrogens with one attached hydrogen (secondary N) is 1. The van der Waals surface area contributed by atoms with Crippen molar-refractivity contribution in [3.63, 3.8) is 0 Å². The SMILES string of the molecule is CC1(C)CNc2cc(Br)c(F)cc21. The van der Waals surface area contributed by atoms with Gasteiger partial charge in [-0.2, -0.15) is 0 Å². The lowest BCUT2D eigenvalue weighted by atomic mass is 9.87. The van der Waals surface area contributed by atoms with Crippen LogP contribution in [0.5, 0.6) is 0 Å². The fraction of sp³-hybridized carbons (Fsp3) is 0.400. The lowest BCUT2D eigenvalue weighted by Gasteiger charge is -2.16. The Morgan fingerprint density at radius 3 is 2.85 bits per heavy atom. The Balaban J connectivity index is 2.61. The molecule has 1 aliphatic rings. The number of hydrogen-bond donors (Lipinski definition) is 1. The maximum absolute atomic E-state index is 13.2. The van der Waals surface area contributed by atoms with Gasteiger partial charge in [-0.25, -0.2) is 4.39 Å². The lowest BCUT2D eigenvalue weighted by molar-refractivity contribution is 0.571. The number of halogens is 2. The minimum atomic E-state index is -0.185. The van der Waals surface area contributed by atoms with Crippen molar-refractivity contribution in [2.24, 2.45) is 0 Å². The van der Waals surface area contributed by atoms with Crippen LogP contribution in [0.3, 0.4) is 0 Å². The highest BCUT2D eigenvalue weighted by atomic mass is 79.9. The van der Waals surface area contributed by atoms with E-state index >= 15 is 0 Å². The second-order valence-corrected chi connectivity index (χ2v) is 4.90. The zero-order valence-corrected chi connectivity index (χ0v) is 9.20. The number of fused-ring (bicyclic) bond motifs is 1. The summed E-state index contributed by atoms with van der Waals surface area (Å²) in [6, 6.07) is 3.42. The zero-order valence-electron chi connectivity index (χ0n) is 7.62. The molecule has 2 rings (SSSR count). The second-order valence-electron chi connectivity index (χ2n) is 4.05. The normalized spacial score (nSPS) is 18.2. The first-order valence-electron chi connectivity index (χ1n) is 4.24. The van der Waals surface area contributed by atoms with Gasteiger partial charge in [0.25, 0.3) is 0 Å². The van der Waals surface area contributed by atoms with E-state index < -0.39 is 0 Å². The molecule has 1 aromatic rings. The van der Waals surface area contributed by atoms with Crippen LogP contribution in [-0.2, 0) is 5.41 Å². The van der Waals surface area contributed by atoms with E-state index in [9.17, 15) is 4.39 Å². The summed E-state index contributed by atoms with van der Waals surface area (Å²) in [6.45, 7) is 5.09. The first-order chi connectivity index (χ1) is 6.00. The fourth-order valence-corrected chi connectivity index (χ4v) is 2.01. The molecule has 0 aliphatic carbocycles. The molecule has 0 saturated carbocycles. The first kappa shape index (κ1) is 9.00. The van der Waals surface area contributed by atoms with Gasteiger partial charge in [-0.15, -0.1) is 0 Å². The molecule has 0 spiro atoms. The Kier molecular flexibility index (Phi) is 1.88. The second kappa shape index (κ2) is 2.71. The van der Waals surface area contributed by atoms with Crippen LogP contribution in [0.25, 0.3) is 0 Å². The maximum atomic E-state index is 13.2. The van der Waals surface area contributed by atoms with Gasteiger partial charge in [0.05, 0.1) is 4.47 Å². The van der Waals surface area contributed by atoms with E-state index in [1.54, 1.807) is 12.1 Å². The molecule has 1 N–H and O–H groups in total. The molecule has 0 fully saturated rings. The fourth-order valence-electron chi connectivity index (χ4n) is 1.66. The molecule has 0 unspecified atom stereocenters. The Bertz CT molecular complexity index is 360. The Morgan fingerprint density at radius 1 is 1.46 bits per heavy atom. The average molecular weight is 244 g/mol. The van der Waals surface area contributed by atoms with Crippen molar-refractivity contribution >= 4 is 21.6 Å². The number of hydrogen-bond acceptors (Lipinski definition) is 1. The summed E-state index contributed by atoms with van der Waals surface area (Å²) in [7, 11) is 0. The molecule has 0 amide bonds. The minimum absolute atomic E-state index is 0.0386. The van der Waals surface area contributed by atoms with E-state index in [0.717, 1.165) is 17.8 Å². The van der Waals surface area contributed by atoms with E-state index in [-0.39, 0.29) is 11.2 Å². The third-order valence-corrected chi connectivity index (χ3v) is 3.12. The van der Waals surface area contributed by atoms with E-state index in [2.05, 4.69) is 35.1 Å². The van der Waals surface area contributed by atoms with Crippen molar-refractivity contribution in [1.29, 1.82) is 0 Å². The van der Waals surface area contributed by atoms with Gasteiger partial charge in [-0.3, -0.25) is 0 Å². The molecule has 3 heteroatoms. The molecule has 1 aliphatic heterocycles. The molecule has 0 saturated heterocycles. The van der Waals surface area contributed by atoms with Crippen molar-refractivity contribution in [2.45, 2.75) is 19.3 Å².